The molecule has 4 rings (SSSR count). The van der Waals surface area contributed by atoms with Gasteiger partial charge in [0.05, 0.1) is 38.3 Å². The second-order valence-electron chi connectivity index (χ2n) is 6.99. The highest BCUT2D eigenvalue weighted by molar-refractivity contribution is 5.87. The number of carbonyl (C=O) groups is 1. The first-order chi connectivity index (χ1) is 15.5. The smallest absolute Gasteiger partial charge is 0.335 e. The van der Waals surface area contributed by atoms with Gasteiger partial charge in [-0.1, -0.05) is 12.1 Å². The number of imidazole rings is 1. The fourth-order valence-corrected chi connectivity index (χ4v) is 3.06. The van der Waals surface area contributed by atoms with E-state index in [1.807, 2.05) is 12.1 Å². The first-order valence-electron chi connectivity index (χ1n) is 9.99. The van der Waals surface area contributed by atoms with E-state index in [4.69, 9.17) is 25.4 Å². The number of benzene rings is 1. The van der Waals surface area contributed by atoms with Crippen LogP contribution < -0.4 is 11.3 Å². The number of aromatic nitrogens is 4. The molecule has 172 valence electrons. The molecule has 0 saturated carbocycles. The topological polar surface area (TPSA) is 169 Å². The van der Waals surface area contributed by atoms with Crippen molar-refractivity contribution < 1.29 is 24.5 Å². The molecular formula is C20H26N6O6. The van der Waals surface area contributed by atoms with Crippen LogP contribution in [0.15, 0.2) is 35.4 Å². The van der Waals surface area contributed by atoms with E-state index in [2.05, 4.69) is 19.9 Å². The van der Waals surface area contributed by atoms with Crippen molar-refractivity contribution in [3.05, 3.63) is 52.1 Å². The quantitative estimate of drug-likeness (QED) is 0.359. The van der Waals surface area contributed by atoms with Gasteiger partial charge >= 0.3 is 5.97 Å². The highest BCUT2D eigenvalue weighted by Gasteiger charge is 2.11. The molecule has 1 aliphatic rings. The van der Waals surface area contributed by atoms with Crippen molar-refractivity contribution in [2.75, 3.05) is 45.3 Å². The predicted octanol–water partition coefficient (Wildman–Crippen LogP) is -0.115. The number of nitrogens with one attached hydrogen (secondary N) is 1. The average molecular weight is 446 g/mol. The van der Waals surface area contributed by atoms with E-state index < -0.39 is 5.97 Å². The molecule has 32 heavy (non-hydrogen) atoms. The number of anilines is 1. The molecule has 3 heterocycles. The number of ether oxygens (including phenoxy) is 2. The number of rotatable bonds is 7. The number of H-pyrrole nitrogens is 1. The molecule has 1 aliphatic heterocycles. The molecule has 1 fully saturated rings. The van der Waals surface area contributed by atoms with Crippen LogP contribution in [0.3, 0.4) is 0 Å². The number of aliphatic hydroxyl groups is 1. The fourth-order valence-electron chi connectivity index (χ4n) is 3.06. The average Bonchev–Trinajstić information content (AvgIpc) is 3.19. The number of aromatic carboxylic acids is 1. The second-order valence-corrected chi connectivity index (χ2v) is 6.99. The van der Waals surface area contributed by atoms with Gasteiger partial charge in [-0.15, -0.1) is 0 Å². The summed E-state index contributed by atoms with van der Waals surface area (Å²) in [4.78, 5) is 34.6. The van der Waals surface area contributed by atoms with E-state index >= 15 is 0 Å². The van der Waals surface area contributed by atoms with E-state index in [0.29, 0.717) is 11.2 Å². The normalized spacial score (nSPS) is 14.2. The van der Waals surface area contributed by atoms with E-state index in [-0.39, 0.29) is 37.0 Å². The van der Waals surface area contributed by atoms with Crippen LogP contribution in [0.1, 0.15) is 15.9 Å². The maximum absolute atomic E-state index is 11.4. The Morgan fingerprint density at radius 2 is 1.97 bits per heavy atom. The van der Waals surface area contributed by atoms with Gasteiger partial charge in [-0.3, -0.25) is 19.2 Å². The first-order valence-corrected chi connectivity index (χ1v) is 9.99. The van der Waals surface area contributed by atoms with Crippen molar-refractivity contribution in [1.82, 2.24) is 24.4 Å². The summed E-state index contributed by atoms with van der Waals surface area (Å²) in [6.45, 7) is 4.62. The Balaban J connectivity index is 0.000000181. The zero-order chi connectivity index (χ0) is 22.9. The summed E-state index contributed by atoms with van der Waals surface area (Å²) in [6, 6.07) is 7.05. The van der Waals surface area contributed by atoms with Crippen LogP contribution >= 0.6 is 0 Å². The van der Waals surface area contributed by atoms with Crippen molar-refractivity contribution in [2.45, 2.75) is 13.3 Å². The number of morpholine rings is 1. The number of nitrogen functional groups attached to an aromatic ring is 1. The van der Waals surface area contributed by atoms with Gasteiger partial charge in [0.15, 0.2) is 11.2 Å². The molecule has 2 aromatic heterocycles. The van der Waals surface area contributed by atoms with Crippen molar-refractivity contribution in [3.63, 3.8) is 0 Å². The molecule has 0 spiro atoms. The predicted molar refractivity (Wildman–Crippen MR) is 115 cm³/mol. The molecule has 1 aromatic carbocycles. The molecule has 0 bridgehead atoms. The van der Waals surface area contributed by atoms with Gasteiger partial charge in [0, 0.05) is 19.6 Å². The van der Waals surface area contributed by atoms with Crippen LogP contribution in [-0.4, -0.2) is 80.1 Å². The van der Waals surface area contributed by atoms with Gasteiger partial charge in [-0.05, 0) is 17.7 Å². The summed E-state index contributed by atoms with van der Waals surface area (Å²) in [5, 5.41) is 17.3. The Kier molecular flexibility index (Phi) is 8.27. The number of aromatic amines is 1. The Morgan fingerprint density at radius 1 is 1.25 bits per heavy atom. The maximum atomic E-state index is 11.4. The monoisotopic (exact) mass is 446 g/mol. The lowest BCUT2D eigenvalue weighted by atomic mass is 10.1. The largest absolute Gasteiger partial charge is 0.478 e. The molecule has 0 radical (unpaired) electrons. The molecule has 0 aliphatic carbocycles. The van der Waals surface area contributed by atoms with Crippen molar-refractivity contribution in [3.8, 4) is 0 Å². The van der Waals surface area contributed by atoms with Gasteiger partial charge in [-0.2, -0.15) is 4.98 Å². The van der Waals surface area contributed by atoms with Crippen LogP contribution in [0.5, 0.6) is 0 Å². The lowest BCUT2D eigenvalue weighted by molar-refractivity contribution is 0.0342. The number of aliphatic hydroxyl groups excluding tert-OH is 1. The molecule has 0 amide bonds. The SMILES string of the molecule is Nc1nc2c(ncn2COCCO)c(=O)[nH]1.O=C(O)c1ccc(CN2CCOCC2)cc1. The van der Waals surface area contributed by atoms with Crippen LogP contribution in [0.4, 0.5) is 5.95 Å². The molecule has 12 nitrogen and oxygen atoms in total. The van der Waals surface area contributed by atoms with Crippen molar-refractivity contribution in [1.29, 1.82) is 0 Å². The lowest BCUT2D eigenvalue weighted by Gasteiger charge is -2.26. The minimum atomic E-state index is -0.877. The van der Waals surface area contributed by atoms with Gasteiger partial charge in [0.1, 0.15) is 6.73 Å². The van der Waals surface area contributed by atoms with Gasteiger partial charge in [0.25, 0.3) is 5.56 Å². The molecule has 5 N–H and O–H groups in total. The number of hydrogen-bond acceptors (Lipinski definition) is 9. The molecule has 0 atom stereocenters. The van der Waals surface area contributed by atoms with Crippen LogP contribution in [-0.2, 0) is 22.7 Å². The first kappa shape index (κ1) is 23.3. The van der Waals surface area contributed by atoms with Crippen molar-refractivity contribution in [2.24, 2.45) is 0 Å². The summed E-state index contributed by atoms with van der Waals surface area (Å²) in [6.07, 6.45) is 1.43. The minimum absolute atomic E-state index is 0.0291. The highest BCUT2D eigenvalue weighted by atomic mass is 16.5. The number of fused-ring (bicyclic) bond motifs is 1. The zero-order valence-electron chi connectivity index (χ0n) is 17.4. The summed E-state index contributed by atoms with van der Waals surface area (Å²) >= 11 is 0. The number of nitrogens with zero attached hydrogens (tertiary/aromatic N) is 4. The Morgan fingerprint density at radius 3 is 2.62 bits per heavy atom. The van der Waals surface area contributed by atoms with Crippen LogP contribution in [0.2, 0.25) is 0 Å². The Labute approximate surface area is 183 Å². The zero-order valence-corrected chi connectivity index (χ0v) is 17.4. The summed E-state index contributed by atoms with van der Waals surface area (Å²) < 4.78 is 11.9. The Bertz CT molecular complexity index is 1070. The van der Waals surface area contributed by atoms with Gasteiger partial charge < -0.3 is 25.4 Å². The van der Waals surface area contributed by atoms with Gasteiger partial charge in [-0.25, -0.2) is 9.78 Å². The molecule has 12 heteroatoms. The number of hydrogen-bond donors (Lipinski definition) is 4. The second kappa shape index (κ2) is 11.3. The van der Waals surface area contributed by atoms with E-state index in [9.17, 15) is 9.59 Å². The van der Waals surface area contributed by atoms with Crippen molar-refractivity contribution >= 4 is 23.1 Å². The Hall–Kier alpha value is -3.32. The van der Waals surface area contributed by atoms with Gasteiger partial charge in [0.2, 0.25) is 5.95 Å². The number of nitrogens with two attached hydrogens (primary N) is 1. The van der Waals surface area contributed by atoms with E-state index in [0.717, 1.165) is 38.4 Å². The van der Waals surface area contributed by atoms with Crippen LogP contribution in [0, 0.1) is 0 Å². The standard InChI is InChI=1S/C12H15NO3.C8H11N5O3/c14-12(15)11-3-1-10(2-4-11)9-13-5-7-16-8-6-13;9-8-11-6-5(7(15)12-8)10-3-13(6)4-16-2-1-14/h1-4H,5-9H2,(H,14,15);3,14H,1-2,4H2,(H3,9,11,12,15). The van der Waals surface area contributed by atoms with E-state index in [1.54, 1.807) is 12.1 Å². The summed E-state index contributed by atoms with van der Waals surface area (Å²) in [7, 11) is 0. The maximum Gasteiger partial charge on any atom is 0.335 e. The third-order valence-corrected chi connectivity index (χ3v) is 4.67. The summed E-state index contributed by atoms with van der Waals surface area (Å²) in [5.41, 5.74) is 7.09. The number of carboxylic acid groups (broad SMARTS) is 1. The molecule has 0 unspecified atom stereocenters. The minimum Gasteiger partial charge on any atom is -0.478 e. The molecule has 3 aromatic rings. The fraction of sp³-hybridized carbons (Fsp3) is 0.400. The third-order valence-electron chi connectivity index (χ3n) is 4.67. The summed E-state index contributed by atoms with van der Waals surface area (Å²) in [5.74, 6) is -0.848. The molecule has 1 saturated heterocycles. The third kappa shape index (κ3) is 6.34. The molecular weight excluding hydrogens is 420 g/mol. The van der Waals surface area contributed by atoms with E-state index in [1.165, 1.54) is 10.9 Å². The number of carboxylic acids is 1. The van der Waals surface area contributed by atoms with Crippen LogP contribution in [0.25, 0.3) is 11.2 Å². The lowest BCUT2D eigenvalue weighted by Crippen LogP contribution is -2.35. The highest BCUT2D eigenvalue weighted by Crippen LogP contribution is 2.09.